The summed E-state index contributed by atoms with van der Waals surface area (Å²) in [6.07, 6.45) is 0. The molecule has 2 heterocycles. The summed E-state index contributed by atoms with van der Waals surface area (Å²) < 4.78 is 18.3. The first-order valence-corrected chi connectivity index (χ1v) is 12.0. The monoisotopic (exact) mass is 488 g/mol. The smallest absolute Gasteiger partial charge is 0.237 e. The number of carbonyl (C=O) groups excluding carboxylic acids is 1. The van der Waals surface area contributed by atoms with Crippen molar-refractivity contribution in [3.05, 3.63) is 78.4 Å². The van der Waals surface area contributed by atoms with Crippen molar-refractivity contribution in [3.8, 4) is 28.6 Å². The zero-order chi connectivity index (χ0) is 24.2. The zero-order valence-electron chi connectivity index (χ0n) is 19.3. The summed E-state index contributed by atoms with van der Waals surface area (Å²) in [4.78, 5) is 13.0. The highest BCUT2D eigenvalue weighted by Gasteiger charge is 2.22. The molecule has 0 saturated carbocycles. The molecule has 4 aromatic rings. The Labute approximate surface area is 207 Å². The second-order valence-corrected chi connectivity index (χ2v) is 9.20. The standard InChI is InChI=1S/C26H24N4O4S/c1-17(25(31)27-20-10-6-7-11-21(20)32-2)35-26-29-28-24(19-8-4-3-5-9-19)30(26)15-18-12-13-22-23(14-18)34-16-33-22/h3-14,17H,15-16H2,1-2H3,(H,27,31)/t17-/m1/s1. The number of carbonyl (C=O) groups is 1. The number of hydrogen-bond donors (Lipinski definition) is 1. The molecule has 0 spiro atoms. The van der Waals surface area contributed by atoms with Crippen LogP contribution in [0, 0.1) is 0 Å². The second kappa shape index (κ2) is 10.1. The van der Waals surface area contributed by atoms with Gasteiger partial charge < -0.3 is 19.5 Å². The molecule has 1 atom stereocenters. The number of thioether (sulfide) groups is 1. The van der Waals surface area contributed by atoms with Crippen LogP contribution in [-0.2, 0) is 11.3 Å². The van der Waals surface area contributed by atoms with E-state index in [-0.39, 0.29) is 12.7 Å². The number of rotatable bonds is 8. The molecular weight excluding hydrogens is 464 g/mol. The summed E-state index contributed by atoms with van der Waals surface area (Å²) in [6.45, 7) is 2.58. The highest BCUT2D eigenvalue weighted by molar-refractivity contribution is 8.00. The van der Waals surface area contributed by atoms with Crippen molar-refractivity contribution in [2.75, 3.05) is 19.2 Å². The van der Waals surface area contributed by atoms with Gasteiger partial charge in [0.2, 0.25) is 12.7 Å². The quantitative estimate of drug-likeness (QED) is 0.355. The molecule has 3 aromatic carbocycles. The first-order chi connectivity index (χ1) is 17.1. The Balaban J connectivity index is 1.41. The van der Waals surface area contributed by atoms with Gasteiger partial charge in [0.05, 0.1) is 24.6 Å². The predicted molar refractivity (Wildman–Crippen MR) is 134 cm³/mol. The highest BCUT2D eigenvalue weighted by atomic mass is 32.2. The van der Waals surface area contributed by atoms with Gasteiger partial charge in [-0.2, -0.15) is 0 Å². The molecule has 0 fully saturated rings. The molecule has 1 aliphatic rings. The molecule has 0 saturated heterocycles. The minimum absolute atomic E-state index is 0.154. The second-order valence-electron chi connectivity index (χ2n) is 7.90. The number of aromatic nitrogens is 3. The topological polar surface area (TPSA) is 87.5 Å². The number of amides is 1. The Hall–Kier alpha value is -3.98. The molecule has 0 radical (unpaired) electrons. The minimum Gasteiger partial charge on any atom is -0.495 e. The van der Waals surface area contributed by atoms with Gasteiger partial charge in [0.15, 0.2) is 22.5 Å². The summed E-state index contributed by atoms with van der Waals surface area (Å²) in [5, 5.41) is 12.1. The number of para-hydroxylation sites is 2. The lowest BCUT2D eigenvalue weighted by atomic mass is 10.2. The number of benzene rings is 3. The fourth-order valence-electron chi connectivity index (χ4n) is 3.73. The molecule has 1 N–H and O–H groups in total. The van der Waals surface area contributed by atoms with Crippen LogP contribution in [0.4, 0.5) is 5.69 Å². The van der Waals surface area contributed by atoms with Crippen LogP contribution in [-0.4, -0.2) is 39.8 Å². The Kier molecular flexibility index (Phi) is 6.58. The predicted octanol–water partition coefficient (Wildman–Crippen LogP) is 4.85. The highest BCUT2D eigenvalue weighted by Crippen LogP contribution is 2.34. The molecule has 1 aromatic heterocycles. The minimum atomic E-state index is -0.428. The van der Waals surface area contributed by atoms with Crippen molar-refractivity contribution in [3.63, 3.8) is 0 Å². The van der Waals surface area contributed by atoms with Crippen LogP contribution in [0.5, 0.6) is 17.2 Å². The number of fused-ring (bicyclic) bond motifs is 1. The molecule has 1 aliphatic heterocycles. The van der Waals surface area contributed by atoms with Gasteiger partial charge in [-0.1, -0.05) is 60.3 Å². The van der Waals surface area contributed by atoms with Gasteiger partial charge in [0.25, 0.3) is 0 Å². The lowest BCUT2D eigenvalue weighted by Crippen LogP contribution is -2.23. The molecule has 0 bridgehead atoms. The van der Waals surface area contributed by atoms with Crippen LogP contribution in [0.3, 0.4) is 0 Å². The maximum absolute atomic E-state index is 13.0. The Morgan fingerprint density at radius 2 is 1.83 bits per heavy atom. The third-order valence-corrected chi connectivity index (χ3v) is 6.62. The summed E-state index contributed by atoms with van der Waals surface area (Å²) in [6, 6.07) is 23.1. The molecule has 1 amide bonds. The van der Waals surface area contributed by atoms with E-state index in [9.17, 15) is 4.79 Å². The Bertz CT molecular complexity index is 1340. The van der Waals surface area contributed by atoms with E-state index in [1.807, 2.05) is 84.3 Å². The fraction of sp³-hybridized carbons (Fsp3) is 0.192. The number of ether oxygens (including phenoxy) is 3. The van der Waals surface area contributed by atoms with Crippen molar-refractivity contribution < 1.29 is 19.0 Å². The molecule has 178 valence electrons. The van der Waals surface area contributed by atoms with Crippen molar-refractivity contribution in [2.24, 2.45) is 0 Å². The van der Waals surface area contributed by atoms with E-state index in [0.717, 1.165) is 28.5 Å². The van der Waals surface area contributed by atoms with Gasteiger partial charge in [-0.3, -0.25) is 9.36 Å². The van der Waals surface area contributed by atoms with Crippen LogP contribution in [0.25, 0.3) is 11.4 Å². The summed E-state index contributed by atoms with van der Waals surface area (Å²) in [5.74, 6) is 2.63. The van der Waals surface area contributed by atoms with Gasteiger partial charge in [-0.25, -0.2) is 0 Å². The van der Waals surface area contributed by atoms with Gasteiger partial charge in [0.1, 0.15) is 5.75 Å². The van der Waals surface area contributed by atoms with Crippen LogP contribution in [0.2, 0.25) is 0 Å². The van der Waals surface area contributed by atoms with E-state index in [1.54, 1.807) is 7.11 Å². The average Bonchev–Trinajstić information content (AvgIpc) is 3.51. The molecule has 5 rings (SSSR count). The van der Waals surface area contributed by atoms with Gasteiger partial charge in [-0.05, 0) is 36.8 Å². The summed E-state index contributed by atoms with van der Waals surface area (Å²) in [5.41, 5.74) is 2.58. The first-order valence-electron chi connectivity index (χ1n) is 11.1. The largest absolute Gasteiger partial charge is 0.495 e. The number of anilines is 1. The lowest BCUT2D eigenvalue weighted by Gasteiger charge is -2.15. The third kappa shape index (κ3) is 4.95. The van der Waals surface area contributed by atoms with E-state index >= 15 is 0 Å². The van der Waals surface area contributed by atoms with Gasteiger partial charge >= 0.3 is 0 Å². The van der Waals surface area contributed by atoms with Crippen molar-refractivity contribution in [1.29, 1.82) is 0 Å². The van der Waals surface area contributed by atoms with Crippen molar-refractivity contribution in [2.45, 2.75) is 23.9 Å². The van der Waals surface area contributed by atoms with Crippen LogP contribution in [0.15, 0.2) is 78.0 Å². The molecule has 0 unspecified atom stereocenters. The maximum atomic E-state index is 13.0. The molecule has 8 nitrogen and oxygen atoms in total. The third-order valence-electron chi connectivity index (χ3n) is 5.54. The van der Waals surface area contributed by atoms with E-state index in [4.69, 9.17) is 14.2 Å². The molecular formula is C26H24N4O4S. The molecule has 35 heavy (non-hydrogen) atoms. The van der Waals surface area contributed by atoms with Crippen LogP contribution >= 0.6 is 11.8 Å². The summed E-state index contributed by atoms with van der Waals surface area (Å²) >= 11 is 1.35. The normalized spacial score (nSPS) is 12.9. The number of nitrogens with one attached hydrogen (secondary N) is 1. The maximum Gasteiger partial charge on any atom is 0.237 e. The van der Waals surface area contributed by atoms with E-state index < -0.39 is 5.25 Å². The Morgan fingerprint density at radius 1 is 1.06 bits per heavy atom. The lowest BCUT2D eigenvalue weighted by molar-refractivity contribution is -0.115. The Morgan fingerprint density at radius 3 is 2.66 bits per heavy atom. The van der Waals surface area contributed by atoms with E-state index in [1.165, 1.54) is 11.8 Å². The number of hydrogen-bond acceptors (Lipinski definition) is 7. The van der Waals surface area contributed by atoms with Gasteiger partial charge in [-0.15, -0.1) is 10.2 Å². The molecule has 0 aliphatic carbocycles. The number of methoxy groups -OCH3 is 1. The molecule has 9 heteroatoms. The SMILES string of the molecule is COc1ccccc1NC(=O)[C@@H](C)Sc1nnc(-c2ccccc2)n1Cc1ccc2c(c1)OCO2. The van der Waals surface area contributed by atoms with E-state index in [2.05, 4.69) is 15.5 Å². The van der Waals surface area contributed by atoms with Crippen LogP contribution < -0.4 is 19.5 Å². The van der Waals surface area contributed by atoms with Crippen LogP contribution in [0.1, 0.15) is 12.5 Å². The van der Waals surface area contributed by atoms with E-state index in [0.29, 0.717) is 23.1 Å². The van der Waals surface area contributed by atoms with Crippen molar-refractivity contribution in [1.82, 2.24) is 14.8 Å². The number of nitrogens with zero attached hydrogens (tertiary/aromatic N) is 3. The first kappa shape index (κ1) is 22.8. The average molecular weight is 489 g/mol. The summed E-state index contributed by atoms with van der Waals surface area (Å²) in [7, 11) is 1.58. The fourth-order valence-corrected chi connectivity index (χ4v) is 4.58. The van der Waals surface area contributed by atoms with Crippen molar-refractivity contribution >= 4 is 23.4 Å². The zero-order valence-corrected chi connectivity index (χ0v) is 20.1. The van der Waals surface area contributed by atoms with Gasteiger partial charge in [0, 0.05) is 5.56 Å².